The minimum atomic E-state index is -3.47. The van der Waals surface area contributed by atoms with Gasteiger partial charge in [0.1, 0.15) is 0 Å². The molecule has 2 rings (SSSR count). The molecule has 0 spiro atoms. The van der Waals surface area contributed by atoms with Crippen LogP contribution in [0.15, 0.2) is 48.8 Å². The van der Waals surface area contributed by atoms with Crippen molar-refractivity contribution >= 4 is 27.3 Å². The summed E-state index contributed by atoms with van der Waals surface area (Å²) in [4.78, 5) is 18.2. The fourth-order valence-electron chi connectivity index (χ4n) is 2.77. The van der Waals surface area contributed by atoms with Gasteiger partial charge in [-0.25, -0.2) is 8.42 Å². The number of sulfonamides is 1. The maximum Gasteiger partial charge on any atom is 0.252 e. The zero-order valence-corrected chi connectivity index (χ0v) is 16.7. The molecule has 7 nitrogen and oxygen atoms in total. The van der Waals surface area contributed by atoms with Gasteiger partial charge in [-0.3, -0.25) is 14.1 Å². The molecule has 1 aromatic heterocycles. The normalized spacial score (nSPS) is 11.1. The predicted molar refractivity (Wildman–Crippen MR) is 109 cm³/mol. The number of aromatic nitrogens is 1. The number of anilines is 2. The van der Waals surface area contributed by atoms with E-state index >= 15 is 0 Å². The van der Waals surface area contributed by atoms with Crippen molar-refractivity contribution in [1.29, 1.82) is 0 Å². The van der Waals surface area contributed by atoms with Gasteiger partial charge in [0.25, 0.3) is 5.91 Å². The van der Waals surface area contributed by atoms with Crippen LogP contribution in [0.1, 0.15) is 24.2 Å². The molecule has 0 unspecified atom stereocenters. The average Bonchev–Trinajstić information content (AvgIpc) is 2.66. The maximum absolute atomic E-state index is 12.2. The number of carbonyl (C=O) groups is 1. The smallest absolute Gasteiger partial charge is 0.252 e. The van der Waals surface area contributed by atoms with Gasteiger partial charge >= 0.3 is 0 Å². The first-order valence-corrected chi connectivity index (χ1v) is 10.7. The molecule has 0 fully saturated rings. The Hall–Kier alpha value is -2.61. The Bertz CT molecular complexity index is 835. The van der Waals surface area contributed by atoms with Crippen LogP contribution in [-0.2, 0) is 10.0 Å². The number of benzene rings is 1. The Balaban J connectivity index is 2.06. The summed E-state index contributed by atoms with van der Waals surface area (Å²) < 4.78 is 25.7. The van der Waals surface area contributed by atoms with Crippen molar-refractivity contribution < 1.29 is 13.2 Å². The minimum Gasteiger partial charge on any atom is -0.372 e. The van der Waals surface area contributed by atoms with Gasteiger partial charge in [0.05, 0.1) is 24.1 Å². The number of hydrogen-bond acceptors (Lipinski definition) is 5. The lowest BCUT2D eigenvalue weighted by Gasteiger charge is -2.25. The number of nitrogens with zero attached hydrogens (tertiary/aromatic N) is 3. The van der Waals surface area contributed by atoms with Gasteiger partial charge < -0.3 is 10.2 Å². The Labute approximate surface area is 161 Å². The Morgan fingerprint density at radius 2 is 1.70 bits per heavy atom. The Morgan fingerprint density at radius 1 is 1.07 bits per heavy atom. The highest BCUT2D eigenvalue weighted by molar-refractivity contribution is 7.92. The summed E-state index contributed by atoms with van der Waals surface area (Å²) in [5.74, 6) is -0.284. The van der Waals surface area contributed by atoms with Gasteiger partial charge in [-0.1, -0.05) is 0 Å². The molecular weight excluding hydrogens is 364 g/mol. The predicted octanol–water partition coefficient (Wildman–Crippen LogP) is 2.12. The van der Waals surface area contributed by atoms with Crippen LogP contribution in [0.25, 0.3) is 0 Å². The summed E-state index contributed by atoms with van der Waals surface area (Å²) in [5.41, 5.74) is 2.05. The van der Waals surface area contributed by atoms with Crippen LogP contribution in [0.4, 0.5) is 11.4 Å². The van der Waals surface area contributed by atoms with Gasteiger partial charge in [0.2, 0.25) is 10.0 Å². The number of amides is 1. The second-order valence-electron chi connectivity index (χ2n) is 6.02. The van der Waals surface area contributed by atoms with Crippen molar-refractivity contribution in [2.75, 3.05) is 41.6 Å². The van der Waals surface area contributed by atoms with E-state index in [4.69, 9.17) is 0 Å². The SMILES string of the molecule is CCN(CC)c1ccc(N(CCNC(=O)c2cccnc2)S(C)(=O)=O)cc1. The first-order chi connectivity index (χ1) is 12.9. The van der Waals surface area contributed by atoms with Crippen LogP contribution in [0.2, 0.25) is 0 Å². The second kappa shape index (κ2) is 9.36. The quantitative estimate of drug-likeness (QED) is 0.709. The van der Waals surface area contributed by atoms with Crippen LogP contribution in [-0.4, -0.2) is 51.7 Å². The van der Waals surface area contributed by atoms with E-state index in [0.717, 1.165) is 25.0 Å². The van der Waals surface area contributed by atoms with E-state index in [1.807, 2.05) is 12.1 Å². The third-order valence-corrected chi connectivity index (χ3v) is 5.38. The molecule has 0 aliphatic rings. The lowest BCUT2D eigenvalue weighted by atomic mass is 10.2. The molecule has 0 bridgehead atoms. The van der Waals surface area contributed by atoms with Crippen molar-refractivity contribution in [1.82, 2.24) is 10.3 Å². The van der Waals surface area contributed by atoms with E-state index in [2.05, 4.69) is 29.0 Å². The van der Waals surface area contributed by atoms with Gasteiger partial charge in [-0.15, -0.1) is 0 Å². The molecule has 0 aliphatic heterocycles. The number of rotatable bonds is 9. The molecule has 146 valence electrons. The van der Waals surface area contributed by atoms with E-state index in [0.29, 0.717) is 11.3 Å². The average molecular weight is 391 g/mol. The molecular formula is C19H26N4O3S. The molecule has 1 N–H and O–H groups in total. The molecule has 8 heteroatoms. The number of pyridine rings is 1. The van der Waals surface area contributed by atoms with Crippen molar-refractivity contribution in [2.24, 2.45) is 0 Å². The third-order valence-electron chi connectivity index (χ3n) is 4.19. The summed E-state index contributed by atoms with van der Waals surface area (Å²) in [6, 6.07) is 10.7. The molecule has 2 aromatic rings. The highest BCUT2D eigenvalue weighted by atomic mass is 32.2. The summed E-state index contributed by atoms with van der Waals surface area (Å²) >= 11 is 0. The molecule has 0 saturated carbocycles. The number of carbonyl (C=O) groups excluding carboxylic acids is 1. The molecule has 0 aliphatic carbocycles. The van der Waals surface area contributed by atoms with E-state index in [-0.39, 0.29) is 19.0 Å². The van der Waals surface area contributed by atoms with Crippen LogP contribution in [0.3, 0.4) is 0 Å². The molecule has 0 radical (unpaired) electrons. The minimum absolute atomic E-state index is 0.148. The van der Waals surface area contributed by atoms with E-state index in [9.17, 15) is 13.2 Å². The standard InChI is InChI=1S/C19H26N4O3S/c1-4-22(5-2)17-8-10-18(11-9-17)23(27(3,25)26)14-13-21-19(24)16-7-6-12-20-15-16/h6-12,15H,4-5,13-14H2,1-3H3,(H,21,24). The van der Waals surface area contributed by atoms with Crippen molar-refractivity contribution in [2.45, 2.75) is 13.8 Å². The summed E-state index contributed by atoms with van der Waals surface area (Å²) in [6.45, 7) is 6.25. The van der Waals surface area contributed by atoms with E-state index < -0.39 is 10.0 Å². The van der Waals surface area contributed by atoms with Crippen LogP contribution in [0.5, 0.6) is 0 Å². The molecule has 1 amide bonds. The number of nitrogens with one attached hydrogen (secondary N) is 1. The monoisotopic (exact) mass is 390 g/mol. The van der Waals surface area contributed by atoms with Crippen molar-refractivity contribution in [3.8, 4) is 0 Å². The summed E-state index contributed by atoms with van der Waals surface area (Å²) in [5, 5.41) is 2.73. The van der Waals surface area contributed by atoms with E-state index in [1.54, 1.807) is 30.5 Å². The van der Waals surface area contributed by atoms with Crippen molar-refractivity contribution in [3.05, 3.63) is 54.4 Å². The lowest BCUT2D eigenvalue weighted by Crippen LogP contribution is -2.38. The second-order valence-corrected chi connectivity index (χ2v) is 7.93. The first kappa shape index (κ1) is 20.7. The highest BCUT2D eigenvalue weighted by Crippen LogP contribution is 2.22. The molecule has 27 heavy (non-hydrogen) atoms. The van der Waals surface area contributed by atoms with E-state index in [1.165, 1.54) is 10.5 Å². The zero-order valence-electron chi connectivity index (χ0n) is 15.9. The van der Waals surface area contributed by atoms with Gasteiger partial charge in [0.15, 0.2) is 0 Å². The zero-order chi connectivity index (χ0) is 19.9. The van der Waals surface area contributed by atoms with Crippen LogP contribution in [0, 0.1) is 0 Å². The number of hydrogen-bond donors (Lipinski definition) is 1. The fourth-order valence-corrected chi connectivity index (χ4v) is 3.70. The summed E-state index contributed by atoms with van der Waals surface area (Å²) in [7, 11) is -3.47. The van der Waals surface area contributed by atoms with Gasteiger partial charge in [-0.2, -0.15) is 0 Å². The van der Waals surface area contributed by atoms with Crippen molar-refractivity contribution in [3.63, 3.8) is 0 Å². The fraction of sp³-hybridized carbons (Fsp3) is 0.368. The maximum atomic E-state index is 12.2. The first-order valence-electron chi connectivity index (χ1n) is 8.87. The Kier molecular flexibility index (Phi) is 7.18. The molecule has 0 saturated heterocycles. The van der Waals surface area contributed by atoms with Crippen LogP contribution >= 0.6 is 0 Å². The lowest BCUT2D eigenvalue weighted by molar-refractivity contribution is 0.0954. The molecule has 1 heterocycles. The highest BCUT2D eigenvalue weighted by Gasteiger charge is 2.18. The Morgan fingerprint density at radius 3 is 2.22 bits per heavy atom. The van der Waals surface area contributed by atoms with Gasteiger partial charge in [0, 0.05) is 37.7 Å². The topological polar surface area (TPSA) is 82.6 Å². The molecule has 0 atom stereocenters. The van der Waals surface area contributed by atoms with Crippen LogP contribution < -0.4 is 14.5 Å². The third kappa shape index (κ3) is 5.68. The largest absolute Gasteiger partial charge is 0.372 e. The summed E-state index contributed by atoms with van der Waals surface area (Å²) in [6.07, 6.45) is 4.22. The molecule has 1 aromatic carbocycles. The van der Waals surface area contributed by atoms with Gasteiger partial charge in [-0.05, 0) is 50.2 Å².